The summed E-state index contributed by atoms with van der Waals surface area (Å²) in [5, 5.41) is 11.6. The zero-order valence-electron chi connectivity index (χ0n) is 12.5. The lowest BCUT2D eigenvalue weighted by molar-refractivity contribution is -0.146. The average Bonchev–Trinajstić information content (AvgIpc) is 2.47. The molecule has 1 aromatic carbocycles. The van der Waals surface area contributed by atoms with Gasteiger partial charge in [-0.2, -0.15) is 0 Å². The van der Waals surface area contributed by atoms with E-state index in [4.69, 9.17) is 9.47 Å². The smallest absolute Gasteiger partial charge is 0.408 e. The number of ether oxygens (including phenoxy) is 2. The number of amides is 1. The Balaban J connectivity index is 1.81. The number of carboxylic acids is 1. The SMILES string of the molecule is C[C@@H](OC1CCC1)[C@H](NC(=O)OCc1ccccc1)C(=O)O. The summed E-state index contributed by atoms with van der Waals surface area (Å²) in [6, 6.07) is 8.07. The molecule has 6 nitrogen and oxygen atoms in total. The van der Waals surface area contributed by atoms with Crippen molar-refractivity contribution in [2.45, 2.75) is 51.0 Å². The van der Waals surface area contributed by atoms with Crippen molar-refractivity contribution in [3.8, 4) is 0 Å². The van der Waals surface area contributed by atoms with Crippen LogP contribution in [0.5, 0.6) is 0 Å². The molecule has 1 aliphatic rings. The first-order chi connectivity index (χ1) is 10.6. The predicted molar refractivity (Wildman–Crippen MR) is 79.4 cm³/mol. The number of benzene rings is 1. The fraction of sp³-hybridized carbons (Fsp3) is 0.500. The standard InChI is InChI=1S/C16H21NO5/c1-11(22-13-8-5-9-13)14(15(18)19)17-16(20)21-10-12-6-3-2-4-7-12/h2-4,6-7,11,13-14H,5,8-10H2,1H3,(H,17,20)(H,18,19)/t11-,14+/m1/s1. The summed E-state index contributed by atoms with van der Waals surface area (Å²) in [5.41, 5.74) is 0.836. The van der Waals surface area contributed by atoms with Gasteiger partial charge in [-0.25, -0.2) is 9.59 Å². The number of alkyl carbamates (subject to hydrolysis) is 1. The first-order valence-electron chi connectivity index (χ1n) is 7.41. The van der Waals surface area contributed by atoms with Gasteiger partial charge in [0, 0.05) is 0 Å². The molecule has 1 amide bonds. The predicted octanol–water partition coefficient (Wildman–Crippen LogP) is 2.32. The molecule has 2 N–H and O–H groups in total. The molecule has 6 heteroatoms. The Morgan fingerprint density at radius 3 is 2.55 bits per heavy atom. The summed E-state index contributed by atoms with van der Waals surface area (Å²) in [6.45, 7) is 1.74. The van der Waals surface area contributed by atoms with Crippen molar-refractivity contribution >= 4 is 12.1 Å². The fourth-order valence-electron chi connectivity index (χ4n) is 2.16. The Hall–Kier alpha value is -2.08. The molecule has 0 aromatic heterocycles. The molecular weight excluding hydrogens is 286 g/mol. The highest BCUT2D eigenvalue weighted by Crippen LogP contribution is 2.24. The number of rotatable bonds is 7. The number of carboxylic acid groups (broad SMARTS) is 1. The first-order valence-corrected chi connectivity index (χ1v) is 7.41. The van der Waals surface area contributed by atoms with Crippen LogP contribution in [-0.4, -0.2) is 35.4 Å². The van der Waals surface area contributed by atoms with Gasteiger partial charge in [-0.3, -0.25) is 0 Å². The van der Waals surface area contributed by atoms with Gasteiger partial charge in [0.25, 0.3) is 0 Å². The fourth-order valence-corrected chi connectivity index (χ4v) is 2.16. The van der Waals surface area contributed by atoms with Gasteiger partial charge >= 0.3 is 12.1 Å². The minimum absolute atomic E-state index is 0.0941. The Morgan fingerprint density at radius 2 is 2.00 bits per heavy atom. The van der Waals surface area contributed by atoms with E-state index in [0.717, 1.165) is 24.8 Å². The van der Waals surface area contributed by atoms with E-state index in [1.807, 2.05) is 30.3 Å². The van der Waals surface area contributed by atoms with Crippen molar-refractivity contribution in [2.75, 3.05) is 0 Å². The van der Waals surface area contributed by atoms with Crippen LogP contribution in [0.3, 0.4) is 0 Å². The molecule has 1 aliphatic carbocycles. The van der Waals surface area contributed by atoms with E-state index >= 15 is 0 Å². The van der Waals surface area contributed by atoms with Crippen molar-refractivity contribution in [1.82, 2.24) is 5.32 Å². The van der Waals surface area contributed by atoms with Crippen LogP contribution in [0.15, 0.2) is 30.3 Å². The highest BCUT2D eigenvalue weighted by atomic mass is 16.6. The molecule has 0 spiro atoms. The Kier molecular flexibility index (Phi) is 5.77. The van der Waals surface area contributed by atoms with Crippen molar-refractivity contribution in [3.05, 3.63) is 35.9 Å². The number of nitrogens with one attached hydrogen (secondary N) is 1. The molecule has 2 rings (SSSR count). The van der Waals surface area contributed by atoms with Crippen LogP contribution < -0.4 is 5.32 Å². The molecule has 0 unspecified atom stereocenters. The molecule has 0 aliphatic heterocycles. The van der Waals surface area contributed by atoms with Crippen LogP contribution in [0.25, 0.3) is 0 Å². The molecule has 1 aromatic rings. The largest absolute Gasteiger partial charge is 0.480 e. The molecule has 0 radical (unpaired) electrons. The van der Waals surface area contributed by atoms with Gasteiger partial charge < -0.3 is 19.9 Å². The van der Waals surface area contributed by atoms with E-state index in [1.165, 1.54) is 0 Å². The molecule has 1 saturated carbocycles. The molecule has 1 fully saturated rings. The van der Waals surface area contributed by atoms with E-state index < -0.39 is 24.2 Å². The van der Waals surface area contributed by atoms with E-state index in [-0.39, 0.29) is 12.7 Å². The van der Waals surface area contributed by atoms with E-state index in [1.54, 1.807) is 6.92 Å². The number of carbonyl (C=O) groups is 2. The van der Waals surface area contributed by atoms with Gasteiger partial charge in [-0.1, -0.05) is 30.3 Å². The minimum atomic E-state index is -1.14. The van der Waals surface area contributed by atoms with E-state index in [9.17, 15) is 14.7 Å². The minimum Gasteiger partial charge on any atom is -0.480 e. The molecule has 0 saturated heterocycles. The third-order valence-corrected chi connectivity index (χ3v) is 3.68. The maximum absolute atomic E-state index is 11.8. The Labute approximate surface area is 129 Å². The van der Waals surface area contributed by atoms with Gasteiger partial charge in [0.1, 0.15) is 6.61 Å². The first kappa shape index (κ1) is 16.3. The molecule has 22 heavy (non-hydrogen) atoms. The molecule has 120 valence electrons. The van der Waals surface area contributed by atoms with Gasteiger partial charge in [0.2, 0.25) is 0 Å². The van der Waals surface area contributed by atoms with Gasteiger partial charge in [0.05, 0.1) is 12.2 Å². The Bertz CT molecular complexity index is 501. The third-order valence-electron chi connectivity index (χ3n) is 3.68. The summed E-state index contributed by atoms with van der Waals surface area (Å²) in [6.07, 6.45) is 1.71. The van der Waals surface area contributed by atoms with Crippen molar-refractivity contribution in [1.29, 1.82) is 0 Å². The number of aliphatic carboxylic acids is 1. The van der Waals surface area contributed by atoms with Crippen molar-refractivity contribution in [3.63, 3.8) is 0 Å². The topological polar surface area (TPSA) is 84.9 Å². The summed E-state index contributed by atoms with van der Waals surface area (Å²) in [4.78, 5) is 23.0. The quantitative estimate of drug-likeness (QED) is 0.807. The number of hydrogen-bond acceptors (Lipinski definition) is 4. The molecular formula is C16H21NO5. The normalized spacial score (nSPS) is 17.1. The van der Waals surface area contributed by atoms with Crippen LogP contribution >= 0.6 is 0 Å². The lowest BCUT2D eigenvalue weighted by Gasteiger charge is -2.31. The second-order valence-corrected chi connectivity index (χ2v) is 5.42. The molecule has 0 heterocycles. The van der Waals surface area contributed by atoms with Crippen LogP contribution in [0, 0.1) is 0 Å². The monoisotopic (exact) mass is 307 g/mol. The molecule has 0 bridgehead atoms. The average molecular weight is 307 g/mol. The zero-order chi connectivity index (χ0) is 15.9. The Morgan fingerprint density at radius 1 is 1.32 bits per heavy atom. The second-order valence-electron chi connectivity index (χ2n) is 5.42. The van der Waals surface area contributed by atoms with Crippen LogP contribution in [0.2, 0.25) is 0 Å². The van der Waals surface area contributed by atoms with Crippen LogP contribution in [0.1, 0.15) is 31.7 Å². The van der Waals surface area contributed by atoms with Crippen LogP contribution in [-0.2, 0) is 20.9 Å². The van der Waals surface area contributed by atoms with Gasteiger partial charge in [-0.05, 0) is 31.7 Å². The molecule has 2 atom stereocenters. The van der Waals surface area contributed by atoms with Gasteiger partial charge in [0.15, 0.2) is 6.04 Å². The lowest BCUT2D eigenvalue weighted by Crippen LogP contribution is -2.50. The number of hydrogen-bond donors (Lipinski definition) is 2. The third kappa shape index (κ3) is 4.73. The van der Waals surface area contributed by atoms with Crippen LogP contribution in [0.4, 0.5) is 4.79 Å². The second kappa shape index (κ2) is 7.79. The van der Waals surface area contributed by atoms with Gasteiger partial charge in [-0.15, -0.1) is 0 Å². The zero-order valence-corrected chi connectivity index (χ0v) is 12.5. The number of carbonyl (C=O) groups excluding carboxylic acids is 1. The maximum atomic E-state index is 11.8. The van der Waals surface area contributed by atoms with Crippen molar-refractivity contribution < 1.29 is 24.2 Å². The highest BCUT2D eigenvalue weighted by molar-refractivity contribution is 5.80. The van der Waals surface area contributed by atoms with E-state index in [2.05, 4.69) is 5.32 Å². The summed E-state index contributed by atoms with van der Waals surface area (Å²) in [5.74, 6) is -1.14. The summed E-state index contributed by atoms with van der Waals surface area (Å²) < 4.78 is 10.7. The summed E-state index contributed by atoms with van der Waals surface area (Å²) >= 11 is 0. The lowest BCUT2D eigenvalue weighted by atomic mass is 9.96. The highest BCUT2D eigenvalue weighted by Gasteiger charge is 2.31. The van der Waals surface area contributed by atoms with Crippen molar-refractivity contribution in [2.24, 2.45) is 0 Å². The summed E-state index contributed by atoms with van der Waals surface area (Å²) in [7, 11) is 0. The van der Waals surface area contributed by atoms with E-state index in [0.29, 0.717) is 0 Å². The maximum Gasteiger partial charge on any atom is 0.408 e.